The van der Waals surface area contributed by atoms with E-state index >= 15 is 0 Å². The Morgan fingerprint density at radius 1 is 0.833 bits per heavy atom. The molecule has 4 nitrogen and oxygen atoms in total. The Morgan fingerprint density at radius 2 is 1.44 bits per heavy atom. The maximum absolute atomic E-state index is 5.20. The Balaban J connectivity index is 0.000000180. The molecule has 0 N–H and O–H groups in total. The lowest BCUT2D eigenvalue weighted by molar-refractivity contribution is 0.0380. The number of hydrogen-bond donors (Lipinski definition) is 0. The number of morpholine rings is 1. The molecule has 0 aromatic carbocycles. The van der Waals surface area contributed by atoms with E-state index in [1.807, 2.05) is 0 Å². The minimum atomic E-state index is 0.931. The van der Waals surface area contributed by atoms with Crippen molar-refractivity contribution in [3.8, 4) is 0 Å². The fraction of sp³-hybridized carbons (Fsp3) is 1.00. The lowest BCUT2D eigenvalue weighted by atomic mass is 10.3. The molecule has 0 aromatic heterocycles. The van der Waals surface area contributed by atoms with Gasteiger partial charge in [-0.3, -0.25) is 4.90 Å². The first-order valence-electron chi connectivity index (χ1n) is 7.47. The van der Waals surface area contributed by atoms with Crippen LogP contribution in [0.1, 0.15) is 20.3 Å². The zero-order chi connectivity index (χ0) is 13.2. The second-order valence-corrected chi connectivity index (χ2v) is 5.19. The summed E-state index contributed by atoms with van der Waals surface area (Å²) in [6.07, 6.45) is 1.26. The van der Waals surface area contributed by atoms with Gasteiger partial charge in [0.1, 0.15) is 0 Å². The Morgan fingerprint density at radius 3 is 1.94 bits per heavy atom. The normalized spacial score (nSPS) is 23.5. The highest BCUT2D eigenvalue weighted by Gasteiger charge is 2.10. The van der Waals surface area contributed by atoms with Crippen molar-refractivity contribution in [1.29, 1.82) is 0 Å². The summed E-state index contributed by atoms with van der Waals surface area (Å²) in [7, 11) is 2.19. The van der Waals surface area contributed by atoms with Gasteiger partial charge in [-0.15, -0.1) is 0 Å². The maximum atomic E-state index is 5.20. The fourth-order valence-corrected chi connectivity index (χ4v) is 2.31. The summed E-state index contributed by atoms with van der Waals surface area (Å²) in [5.41, 5.74) is 0. The second kappa shape index (κ2) is 9.73. The third-order valence-electron chi connectivity index (χ3n) is 3.69. The van der Waals surface area contributed by atoms with Crippen molar-refractivity contribution in [2.45, 2.75) is 20.3 Å². The topological polar surface area (TPSA) is 19.0 Å². The van der Waals surface area contributed by atoms with Crippen molar-refractivity contribution >= 4 is 0 Å². The third-order valence-corrected chi connectivity index (χ3v) is 3.69. The molecule has 2 aliphatic heterocycles. The lowest BCUT2D eigenvalue weighted by Gasteiger charge is -2.31. The van der Waals surface area contributed by atoms with Crippen molar-refractivity contribution in [3.63, 3.8) is 0 Å². The van der Waals surface area contributed by atoms with Gasteiger partial charge in [0.05, 0.1) is 13.2 Å². The molecule has 108 valence electrons. The number of hydrogen-bond acceptors (Lipinski definition) is 4. The van der Waals surface area contributed by atoms with Crippen LogP contribution in [0.25, 0.3) is 0 Å². The van der Waals surface area contributed by atoms with Crippen LogP contribution in [-0.4, -0.2) is 87.3 Å². The molecule has 18 heavy (non-hydrogen) atoms. The van der Waals surface area contributed by atoms with Gasteiger partial charge in [0.2, 0.25) is 0 Å². The van der Waals surface area contributed by atoms with Gasteiger partial charge in [-0.05, 0) is 26.6 Å². The molecule has 0 amide bonds. The zero-order valence-corrected chi connectivity index (χ0v) is 12.5. The first-order chi connectivity index (χ1) is 8.76. The van der Waals surface area contributed by atoms with Crippen molar-refractivity contribution < 1.29 is 4.74 Å². The number of rotatable bonds is 3. The molecule has 2 rings (SSSR count). The van der Waals surface area contributed by atoms with Crippen LogP contribution < -0.4 is 0 Å². The molecule has 0 aliphatic carbocycles. The van der Waals surface area contributed by atoms with E-state index in [4.69, 9.17) is 4.74 Å². The molecule has 0 saturated carbocycles. The van der Waals surface area contributed by atoms with Gasteiger partial charge in [0.15, 0.2) is 0 Å². The number of ether oxygens (including phenoxy) is 1. The Hall–Kier alpha value is -0.160. The average Bonchev–Trinajstić information content (AvgIpc) is 2.42. The van der Waals surface area contributed by atoms with Crippen molar-refractivity contribution in [3.05, 3.63) is 0 Å². The molecule has 2 fully saturated rings. The van der Waals surface area contributed by atoms with E-state index in [0.29, 0.717) is 0 Å². The molecule has 4 heteroatoms. The predicted molar refractivity (Wildman–Crippen MR) is 77.2 cm³/mol. The molecule has 0 atom stereocenters. The van der Waals surface area contributed by atoms with Gasteiger partial charge in [0.25, 0.3) is 0 Å². The van der Waals surface area contributed by atoms with Crippen LogP contribution in [0.4, 0.5) is 0 Å². The van der Waals surface area contributed by atoms with E-state index in [1.165, 1.54) is 45.7 Å². The second-order valence-electron chi connectivity index (χ2n) is 5.19. The van der Waals surface area contributed by atoms with Gasteiger partial charge in [-0.25, -0.2) is 0 Å². The molecule has 0 bridgehead atoms. The molecule has 2 saturated heterocycles. The van der Waals surface area contributed by atoms with E-state index in [1.54, 1.807) is 0 Å². The van der Waals surface area contributed by atoms with Crippen LogP contribution in [0.2, 0.25) is 0 Å². The summed E-state index contributed by atoms with van der Waals surface area (Å²) in [4.78, 5) is 7.32. The number of likely N-dealkylation sites (N-methyl/N-ethyl adjacent to an activating group) is 2. The lowest BCUT2D eigenvalue weighted by Crippen LogP contribution is -2.44. The minimum absolute atomic E-state index is 0.931. The highest BCUT2D eigenvalue weighted by Crippen LogP contribution is 1.97. The molecular formula is C14H31N3O. The largest absolute Gasteiger partial charge is 0.379 e. The van der Waals surface area contributed by atoms with Crippen LogP contribution in [0.5, 0.6) is 0 Å². The first kappa shape index (κ1) is 15.9. The van der Waals surface area contributed by atoms with Crippen LogP contribution in [0.3, 0.4) is 0 Å². The minimum Gasteiger partial charge on any atom is -0.379 e. The van der Waals surface area contributed by atoms with Crippen LogP contribution in [0, 0.1) is 0 Å². The summed E-state index contributed by atoms with van der Waals surface area (Å²) < 4.78 is 5.20. The van der Waals surface area contributed by atoms with E-state index in [-0.39, 0.29) is 0 Å². The smallest absolute Gasteiger partial charge is 0.0594 e. The molecule has 2 heterocycles. The number of nitrogens with zero attached hydrogens (tertiary/aromatic N) is 3. The van der Waals surface area contributed by atoms with Crippen LogP contribution >= 0.6 is 0 Å². The van der Waals surface area contributed by atoms with E-state index < -0.39 is 0 Å². The van der Waals surface area contributed by atoms with Gasteiger partial charge < -0.3 is 14.5 Å². The summed E-state index contributed by atoms with van der Waals surface area (Å²) in [5, 5.41) is 0. The fourth-order valence-electron chi connectivity index (χ4n) is 2.31. The quantitative estimate of drug-likeness (QED) is 0.750. The van der Waals surface area contributed by atoms with Gasteiger partial charge in [0, 0.05) is 39.3 Å². The highest BCUT2D eigenvalue weighted by molar-refractivity contribution is 4.67. The van der Waals surface area contributed by atoms with Crippen LogP contribution in [-0.2, 0) is 4.74 Å². The SMILES string of the molecule is CCCN1CCOCC1.CCN1CCN(C)CC1. The molecule has 0 unspecified atom stereocenters. The molecule has 0 aromatic rings. The van der Waals surface area contributed by atoms with E-state index in [2.05, 4.69) is 35.6 Å². The van der Waals surface area contributed by atoms with Gasteiger partial charge in [-0.2, -0.15) is 0 Å². The van der Waals surface area contributed by atoms with E-state index in [0.717, 1.165) is 26.3 Å². The number of piperazine rings is 1. The van der Waals surface area contributed by atoms with Crippen molar-refractivity contribution in [2.24, 2.45) is 0 Å². The first-order valence-corrected chi connectivity index (χ1v) is 7.47. The Bertz CT molecular complexity index is 185. The third kappa shape index (κ3) is 6.69. The summed E-state index contributed by atoms with van der Waals surface area (Å²) in [6.45, 7) is 16.0. The molecular weight excluding hydrogens is 226 g/mol. The summed E-state index contributed by atoms with van der Waals surface area (Å²) in [6, 6.07) is 0. The monoisotopic (exact) mass is 257 g/mol. The standard InChI is InChI=1S/C7H16N2.C7H15NO/c1-3-9-6-4-8(2)5-7-9;1-2-3-8-4-6-9-7-5-8/h3-7H2,1-2H3;2-7H2,1H3. The van der Waals surface area contributed by atoms with Gasteiger partial charge >= 0.3 is 0 Å². The average molecular weight is 257 g/mol. The maximum Gasteiger partial charge on any atom is 0.0594 e. The van der Waals surface area contributed by atoms with Gasteiger partial charge in [-0.1, -0.05) is 13.8 Å². The van der Waals surface area contributed by atoms with E-state index in [9.17, 15) is 0 Å². The zero-order valence-electron chi connectivity index (χ0n) is 12.5. The van der Waals surface area contributed by atoms with Crippen molar-refractivity contribution in [2.75, 3.05) is 72.6 Å². The van der Waals surface area contributed by atoms with Crippen LogP contribution in [0.15, 0.2) is 0 Å². The Kier molecular flexibility index (Phi) is 8.59. The summed E-state index contributed by atoms with van der Waals surface area (Å²) in [5.74, 6) is 0. The van der Waals surface area contributed by atoms with Crippen molar-refractivity contribution in [1.82, 2.24) is 14.7 Å². The Labute approximate surface area is 113 Å². The predicted octanol–water partition coefficient (Wildman–Crippen LogP) is 0.982. The molecule has 2 aliphatic rings. The molecule has 0 spiro atoms. The highest BCUT2D eigenvalue weighted by atomic mass is 16.5. The summed E-state index contributed by atoms with van der Waals surface area (Å²) >= 11 is 0. The molecule has 0 radical (unpaired) electrons.